The second-order valence-electron chi connectivity index (χ2n) is 2.79. The van der Waals surface area contributed by atoms with E-state index in [1.807, 2.05) is 0 Å². The Labute approximate surface area is 85.1 Å². The molecule has 15 heavy (non-hydrogen) atoms. The summed E-state index contributed by atoms with van der Waals surface area (Å²) in [7, 11) is 0. The van der Waals surface area contributed by atoms with Crippen molar-refractivity contribution in [3.05, 3.63) is 56.6 Å². The molecule has 0 unspecified atom stereocenters. The Bertz CT molecular complexity index is 428. The molecule has 1 aromatic carbocycles. The van der Waals surface area contributed by atoms with E-state index in [2.05, 4.69) is 6.58 Å². The summed E-state index contributed by atoms with van der Waals surface area (Å²) in [5.74, 6) is 0. The first-order chi connectivity index (χ1) is 7.07. The van der Waals surface area contributed by atoms with E-state index in [1.165, 1.54) is 18.2 Å². The first-order valence-corrected chi connectivity index (χ1v) is 4.09. The van der Waals surface area contributed by atoms with Gasteiger partial charge in [0, 0.05) is 11.6 Å². The second kappa shape index (κ2) is 4.32. The van der Waals surface area contributed by atoms with E-state index in [-0.39, 0.29) is 6.42 Å². The quantitative estimate of drug-likeness (QED) is 0.431. The van der Waals surface area contributed by atoms with Gasteiger partial charge in [-0.15, -0.1) is 6.58 Å². The topological polar surface area (TPSA) is 86.3 Å². The van der Waals surface area contributed by atoms with E-state index in [0.29, 0.717) is 5.56 Å². The zero-order valence-corrected chi connectivity index (χ0v) is 7.75. The molecule has 0 spiro atoms. The minimum Gasteiger partial charge on any atom is -0.258 e. The Kier molecular flexibility index (Phi) is 3.12. The number of hydrogen-bond donors (Lipinski definition) is 0. The van der Waals surface area contributed by atoms with Gasteiger partial charge in [-0.05, 0) is 6.42 Å². The van der Waals surface area contributed by atoms with Gasteiger partial charge in [0.15, 0.2) is 0 Å². The third-order valence-electron chi connectivity index (χ3n) is 1.84. The number of allylic oxidation sites excluding steroid dienone is 1. The minimum atomic E-state index is -0.759. The molecule has 0 N–H and O–H groups in total. The summed E-state index contributed by atoms with van der Waals surface area (Å²) < 4.78 is 0. The van der Waals surface area contributed by atoms with Crippen LogP contribution in [0.15, 0.2) is 30.9 Å². The fourth-order valence-electron chi connectivity index (χ4n) is 1.26. The zero-order valence-electron chi connectivity index (χ0n) is 7.75. The molecule has 0 amide bonds. The number of hydrogen-bond acceptors (Lipinski definition) is 4. The molecule has 1 rings (SSSR count). The van der Waals surface area contributed by atoms with Crippen LogP contribution in [0.1, 0.15) is 5.56 Å². The van der Waals surface area contributed by atoms with Crippen LogP contribution in [0, 0.1) is 20.2 Å². The lowest BCUT2D eigenvalue weighted by Crippen LogP contribution is -2.00. The highest BCUT2D eigenvalue weighted by Crippen LogP contribution is 2.30. The third-order valence-corrected chi connectivity index (χ3v) is 1.84. The van der Waals surface area contributed by atoms with Gasteiger partial charge in [-0.1, -0.05) is 18.2 Å². The standard InChI is InChI=1S/C9H8N2O4/c1-2-4-7-5-3-6-8(10(12)13)9(7)11(14)15/h2-3,5-6H,1,4H2. The number of rotatable bonds is 4. The Balaban J connectivity index is 3.40. The molecule has 0 heterocycles. The van der Waals surface area contributed by atoms with E-state index < -0.39 is 21.2 Å². The molecule has 0 bridgehead atoms. The van der Waals surface area contributed by atoms with Gasteiger partial charge in [0.1, 0.15) is 0 Å². The smallest absolute Gasteiger partial charge is 0.258 e. The Hall–Kier alpha value is -2.24. The van der Waals surface area contributed by atoms with Gasteiger partial charge in [-0.3, -0.25) is 20.2 Å². The van der Waals surface area contributed by atoms with E-state index in [0.717, 1.165) is 6.07 Å². The monoisotopic (exact) mass is 208 g/mol. The molecule has 6 nitrogen and oxygen atoms in total. The minimum absolute atomic E-state index is 0.234. The van der Waals surface area contributed by atoms with Gasteiger partial charge < -0.3 is 0 Å². The molecule has 0 aliphatic rings. The van der Waals surface area contributed by atoms with Crippen molar-refractivity contribution in [2.24, 2.45) is 0 Å². The van der Waals surface area contributed by atoms with Gasteiger partial charge in [-0.25, -0.2) is 0 Å². The molecule has 1 aromatic rings. The number of nitro groups is 2. The van der Waals surface area contributed by atoms with Crippen LogP contribution in [0.3, 0.4) is 0 Å². The first-order valence-electron chi connectivity index (χ1n) is 4.09. The molecule has 0 fully saturated rings. The summed E-state index contributed by atoms with van der Waals surface area (Å²) in [6.45, 7) is 3.44. The normalized spacial score (nSPS) is 9.60. The number of nitro benzene ring substituents is 2. The van der Waals surface area contributed by atoms with Gasteiger partial charge in [0.05, 0.1) is 9.85 Å². The maximum absolute atomic E-state index is 10.7. The molecule has 0 aliphatic heterocycles. The SMILES string of the molecule is C=CCc1cccc([N+](=O)[O-])c1[N+](=O)[O-]. The van der Waals surface area contributed by atoms with Crippen LogP contribution in [0.5, 0.6) is 0 Å². The van der Waals surface area contributed by atoms with Crippen molar-refractivity contribution in [1.29, 1.82) is 0 Å². The van der Waals surface area contributed by atoms with Gasteiger partial charge >= 0.3 is 11.4 Å². The van der Waals surface area contributed by atoms with Crippen molar-refractivity contribution in [2.75, 3.05) is 0 Å². The lowest BCUT2D eigenvalue weighted by Gasteiger charge is -1.99. The summed E-state index contributed by atoms with van der Waals surface area (Å²) >= 11 is 0. The molecular weight excluding hydrogens is 200 g/mol. The van der Waals surface area contributed by atoms with Gasteiger partial charge in [-0.2, -0.15) is 0 Å². The Morgan fingerprint density at radius 3 is 2.40 bits per heavy atom. The van der Waals surface area contributed by atoms with Crippen molar-refractivity contribution < 1.29 is 9.85 Å². The molecule has 0 saturated heterocycles. The average Bonchev–Trinajstić information content (AvgIpc) is 2.17. The van der Waals surface area contributed by atoms with E-state index in [1.54, 1.807) is 0 Å². The number of benzene rings is 1. The van der Waals surface area contributed by atoms with Crippen LogP contribution in [-0.4, -0.2) is 9.85 Å². The van der Waals surface area contributed by atoms with E-state index >= 15 is 0 Å². The lowest BCUT2D eigenvalue weighted by molar-refractivity contribution is -0.422. The molecule has 0 aliphatic carbocycles. The molecule has 78 valence electrons. The maximum atomic E-state index is 10.7. The maximum Gasteiger partial charge on any atom is 0.349 e. The van der Waals surface area contributed by atoms with Gasteiger partial charge in [0.25, 0.3) is 0 Å². The summed E-state index contributed by atoms with van der Waals surface area (Å²) in [6.07, 6.45) is 1.70. The summed E-state index contributed by atoms with van der Waals surface area (Å²) in [4.78, 5) is 19.7. The molecule has 0 atom stereocenters. The summed E-state index contributed by atoms with van der Waals surface area (Å²) in [6, 6.07) is 4.02. The van der Waals surface area contributed by atoms with Crippen molar-refractivity contribution in [1.82, 2.24) is 0 Å². The van der Waals surface area contributed by atoms with E-state index in [9.17, 15) is 20.2 Å². The highest BCUT2D eigenvalue weighted by molar-refractivity contribution is 5.58. The highest BCUT2D eigenvalue weighted by atomic mass is 16.6. The van der Waals surface area contributed by atoms with Crippen LogP contribution in [0.2, 0.25) is 0 Å². The Morgan fingerprint density at radius 2 is 1.93 bits per heavy atom. The van der Waals surface area contributed by atoms with Crippen LogP contribution in [-0.2, 0) is 6.42 Å². The zero-order chi connectivity index (χ0) is 11.4. The second-order valence-corrected chi connectivity index (χ2v) is 2.79. The van der Waals surface area contributed by atoms with Crippen molar-refractivity contribution in [2.45, 2.75) is 6.42 Å². The molecule has 0 radical (unpaired) electrons. The van der Waals surface area contributed by atoms with Crippen LogP contribution in [0.25, 0.3) is 0 Å². The van der Waals surface area contributed by atoms with Crippen molar-refractivity contribution >= 4 is 11.4 Å². The highest BCUT2D eigenvalue weighted by Gasteiger charge is 2.26. The van der Waals surface area contributed by atoms with E-state index in [4.69, 9.17) is 0 Å². The fraction of sp³-hybridized carbons (Fsp3) is 0.111. The molecule has 6 heteroatoms. The summed E-state index contributed by atoms with van der Waals surface area (Å²) in [5.41, 5.74) is -0.647. The van der Waals surface area contributed by atoms with Gasteiger partial charge in [0.2, 0.25) is 0 Å². The fourth-order valence-corrected chi connectivity index (χ4v) is 1.26. The Morgan fingerprint density at radius 1 is 1.27 bits per heavy atom. The average molecular weight is 208 g/mol. The molecular formula is C9H8N2O4. The molecule has 0 saturated carbocycles. The van der Waals surface area contributed by atoms with Crippen molar-refractivity contribution in [3.8, 4) is 0 Å². The largest absolute Gasteiger partial charge is 0.349 e. The summed E-state index contributed by atoms with van der Waals surface area (Å²) in [5, 5.41) is 21.2. The van der Waals surface area contributed by atoms with Crippen LogP contribution >= 0.6 is 0 Å². The predicted molar refractivity (Wildman–Crippen MR) is 53.7 cm³/mol. The predicted octanol–water partition coefficient (Wildman–Crippen LogP) is 2.23. The van der Waals surface area contributed by atoms with Crippen LogP contribution in [0.4, 0.5) is 11.4 Å². The third kappa shape index (κ3) is 2.16. The molecule has 0 aromatic heterocycles. The number of nitrogens with zero attached hydrogens (tertiary/aromatic N) is 2. The van der Waals surface area contributed by atoms with Crippen molar-refractivity contribution in [3.63, 3.8) is 0 Å². The first kappa shape index (κ1) is 10.8. The lowest BCUT2D eigenvalue weighted by atomic mass is 10.1. The number of para-hydroxylation sites is 1. The van der Waals surface area contributed by atoms with Crippen LogP contribution < -0.4 is 0 Å².